The Balaban J connectivity index is 1.58. The number of pyridine rings is 1. The van der Waals surface area contributed by atoms with Gasteiger partial charge in [0.1, 0.15) is 11.6 Å². The van der Waals surface area contributed by atoms with Gasteiger partial charge in [-0.15, -0.1) is 0 Å². The Morgan fingerprint density at radius 3 is 2.52 bits per heavy atom. The Hall–Kier alpha value is -2.74. The van der Waals surface area contributed by atoms with Gasteiger partial charge < -0.3 is 20.1 Å². The molecule has 2 aromatic rings. The van der Waals surface area contributed by atoms with Gasteiger partial charge in [0.15, 0.2) is 5.69 Å². The fourth-order valence-electron chi connectivity index (χ4n) is 2.80. The first-order valence-electron chi connectivity index (χ1n) is 8.16. The highest BCUT2D eigenvalue weighted by molar-refractivity contribution is 5.84. The molecule has 3 rings (SSSR count). The van der Waals surface area contributed by atoms with Crippen molar-refractivity contribution in [3.63, 3.8) is 0 Å². The monoisotopic (exact) mass is 343 g/mol. The lowest BCUT2D eigenvalue weighted by atomic mass is 10.2. The molecule has 0 aliphatic carbocycles. The Kier molecular flexibility index (Phi) is 5.08. The van der Waals surface area contributed by atoms with Crippen LogP contribution < -0.4 is 10.2 Å². The van der Waals surface area contributed by atoms with Crippen molar-refractivity contribution >= 4 is 17.6 Å². The van der Waals surface area contributed by atoms with E-state index in [4.69, 9.17) is 9.84 Å². The van der Waals surface area contributed by atoms with E-state index in [0.29, 0.717) is 12.4 Å². The van der Waals surface area contributed by atoms with Crippen molar-refractivity contribution < 1.29 is 14.6 Å². The van der Waals surface area contributed by atoms with Gasteiger partial charge in [-0.3, -0.25) is 0 Å². The number of morpholine rings is 1. The second-order valence-corrected chi connectivity index (χ2v) is 6.13. The standard InChI is InChI=1S/C17H21N5O3/c1-11-9-22(10-12(2)25-11)16-4-3-13(6-21-16)5-19-15-8-18-14(7-20-15)17(23)24/h3-4,6-8,11-12H,5,9-10H2,1-2H3,(H,19,20)(H,23,24). The molecule has 1 aliphatic rings. The first-order valence-corrected chi connectivity index (χ1v) is 8.16. The van der Waals surface area contributed by atoms with Crippen molar-refractivity contribution in [3.8, 4) is 0 Å². The maximum Gasteiger partial charge on any atom is 0.356 e. The molecule has 25 heavy (non-hydrogen) atoms. The summed E-state index contributed by atoms with van der Waals surface area (Å²) in [4.78, 5) is 25.4. The lowest BCUT2D eigenvalue weighted by molar-refractivity contribution is -0.00546. The second kappa shape index (κ2) is 7.43. The summed E-state index contributed by atoms with van der Waals surface area (Å²) in [6.45, 7) is 6.33. The summed E-state index contributed by atoms with van der Waals surface area (Å²) < 4.78 is 5.74. The molecule has 0 saturated carbocycles. The Labute approximate surface area is 145 Å². The molecule has 0 amide bonds. The predicted octanol–water partition coefficient (Wildman–Crippen LogP) is 1.80. The normalized spacial score (nSPS) is 20.3. The van der Waals surface area contributed by atoms with Crippen LogP contribution in [0.4, 0.5) is 11.6 Å². The van der Waals surface area contributed by atoms with Crippen LogP contribution in [0.25, 0.3) is 0 Å². The van der Waals surface area contributed by atoms with Crippen LogP contribution in [-0.4, -0.2) is 51.3 Å². The Morgan fingerprint density at radius 1 is 1.20 bits per heavy atom. The molecule has 0 spiro atoms. The first-order chi connectivity index (χ1) is 12.0. The van der Waals surface area contributed by atoms with E-state index in [-0.39, 0.29) is 17.9 Å². The lowest BCUT2D eigenvalue weighted by Gasteiger charge is -2.36. The summed E-state index contributed by atoms with van der Waals surface area (Å²) in [5, 5.41) is 11.9. The molecule has 8 heteroatoms. The summed E-state index contributed by atoms with van der Waals surface area (Å²) in [6, 6.07) is 4.01. The van der Waals surface area contributed by atoms with E-state index in [1.807, 2.05) is 18.3 Å². The van der Waals surface area contributed by atoms with Crippen LogP contribution in [0, 0.1) is 0 Å². The van der Waals surface area contributed by atoms with Gasteiger partial charge in [0.05, 0.1) is 24.6 Å². The summed E-state index contributed by atoms with van der Waals surface area (Å²) >= 11 is 0. The zero-order valence-electron chi connectivity index (χ0n) is 14.2. The van der Waals surface area contributed by atoms with E-state index in [1.54, 1.807) is 0 Å². The fraction of sp³-hybridized carbons (Fsp3) is 0.412. The summed E-state index contributed by atoms with van der Waals surface area (Å²) in [6.07, 6.45) is 4.85. The minimum absolute atomic E-state index is 0.0782. The smallest absolute Gasteiger partial charge is 0.356 e. The zero-order chi connectivity index (χ0) is 17.8. The van der Waals surface area contributed by atoms with Crippen LogP contribution in [0.5, 0.6) is 0 Å². The number of carboxylic acid groups (broad SMARTS) is 1. The van der Waals surface area contributed by atoms with E-state index in [0.717, 1.165) is 24.5 Å². The molecule has 1 fully saturated rings. The summed E-state index contributed by atoms with van der Waals surface area (Å²) in [5.41, 5.74) is 0.924. The Morgan fingerprint density at radius 2 is 1.96 bits per heavy atom. The first kappa shape index (κ1) is 17.1. The van der Waals surface area contributed by atoms with E-state index < -0.39 is 5.97 Å². The van der Waals surface area contributed by atoms with E-state index >= 15 is 0 Å². The molecule has 8 nitrogen and oxygen atoms in total. The predicted molar refractivity (Wildman–Crippen MR) is 92.8 cm³/mol. The van der Waals surface area contributed by atoms with E-state index in [9.17, 15) is 4.79 Å². The largest absolute Gasteiger partial charge is 0.476 e. The molecular weight excluding hydrogens is 322 g/mol. The number of hydrogen-bond acceptors (Lipinski definition) is 7. The number of aromatic carboxylic acids is 1. The number of ether oxygens (including phenoxy) is 1. The van der Waals surface area contributed by atoms with E-state index in [1.165, 1.54) is 12.4 Å². The molecule has 0 bridgehead atoms. The van der Waals surface area contributed by atoms with Gasteiger partial charge in [0.25, 0.3) is 0 Å². The Bertz CT molecular complexity index is 710. The lowest BCUT2D eigenvalue weighted by Crippen LogP contribution is -2.45. The molecule has 0 radical (unpaired) electrons. The molecule has 1 saturated heterocycles. The van der Waals surface area contributed by atoms with Gasteiger partial charge in [-0.1, -0.05) is 6.07 Å². The van der Waals surface area contributed by atoms with Crippen molar-refractivity contribution in [3.05, 3.63) is 42.0 Å². The van der Waals surface area contributed by atoms with Crippen molar-refractivity contribution in [2.45, 2.75) is 32.6 Å². The SMILES string of the molecule is CC1CN(c2ccc(CNc3cnc(C(=O)O)cn3)cn2)CC(C)O1. The van der Waals surface area contributed by atoms with Crippen LogP contribution in [0.2, 0.25) is 0 Å². The molecule has 132 valence electrons. The molecule has 2 unspecified atom stereocenters. The number of nitrogens with zero attached hydrogens (tertiary/aromatic N) is 4. The minimum atomic E-state index is -1.09. The van der Waals surface area contributed by atoms with Gasteiger partial charge >= 0.3 is 5.97 Å². The van der Waals surface area contributed by atoms with Gasteiger partial charge in [0.2, 0.25) is 0 Å². The topological polar surface area (TPSA) is 100 Å². The number of nitrogens with one attached hydrogen (secondary N) is 1. The van der Waals surface area contributed by atoms with Crippen molar-refractivity contribution in [2.75, 3.05) is 23.3 Å². The molecule has 1 aliphatic heterocycles. The third-order valence-corrected chi connectivity index (χ3v) is 3.90. The third kappa shape index (κ3) is 4.42. The van der Waals surface area contributed by atoms with E-state index in [2.05, 4.69) is 39.0 Å². The summed E-state index contributed by atoms with van der Waals surface area (Å²) in [5.74, 6) is 0.367. The van der Waals surface area contributed by atoms with Gasteiger partial charge in [0, 0.05) is 25.8 Å². The maximum absolute atomic E-state index is 10.8. The third-order valence-electron chi connectivity index (χ3n) is 3.90. The zero-order valence-corrected chi connectivity index (χ0v) is 14.2. The highest BCUT2D eigenvalue weighted by Crippen LogP contribution is 2.18. The highest BCUT2D eigenvalue weighted by atomic mass is 16.5. The van der Waals surface area contributed by atoms with Crippen molar-refractivity contribution in [1.82, 2.24) is 15.0 Å². The van der Waals surface area contributed by atoms with Crippen LogP contribution in [-0.2, 0) is 11.3 Å². The molecular formula is C17H21N5O3. The van der Waals surface area contributed by atoms with Crippen molar-refractivity contribution in [2.24, 2.45) is 0 Å². The second-order valence-electron chi connectivity index (χ2n) is 6.13. The van der Waals surface area contributed by atoms with Crippen molar-refractivity contribution in [1.29, 1.82) is 0 Å². The number of hydrogen-bond donors (Lipinski definition) is 2. The number of anilines is 2. The number of rotatable bonds is 5. The molecule has 0 aromatic carbocycles. The van der Waals surface area contributed by atoms with Crippen LogP contribution in [0.1, 0.15) is 29.9 Å². The fourth-order valence-corrected chi connectivity index (χ4v) is 2.80. The summed E-state index contributed by atoms with van der Waals surface area (Å²) in [7, 11) is 0. The number of aromatic nitrogens is 3. The quantitative estimate of drug-likeness (QED) is 0.847. The number of carboxylic acids is 1. The van der Waals surface area contributed by atoms with Gasteiger partial charge in [-0.05, 0) is 25.5 Å². The molecule has 2 atom stereocenters. The van der Waals surface area contributed by atoms with Crippen LogP contribution in [0.3, 0.4) is 0 Å². The average molecular weight is 343 g/mol. The molecule has 3 heterocycles. The molecule has 2 aromatic heterocycles. The van der Waals surface area contributed by atoms with Crippen LogP contribution in [0.15, 0.2) is 30.7 Å². The average Bonchev–Trinajstić information content (AvgIpc) is 2.60. The van der Waals surface area contributed by atoms with Gasteiger partial charge in [-0.2, -0.15) is 0 Å². The number of carbonyl (C=O) groups is 1. The van der Waals surface area contributed by atoms with Gasteiger partial charge in [-0.25, -0.2) is 19.7 Å². The minimum Gasteiger partial charge on any atom is -0.476 e. The molecule has 2 N–H and O–H groups in total. The maximum atomic E-state index is 10.8. The highest BCUT2D eigenvalue weighted by Gasteiger charge is 2.22. The van der Waals surface area contributed by atoms with Crippen LogP contribution >= 0.6 is 0 Å².